The highest BCUT2D eigenvalue weighted by Crippen LogP contribution is 2.26. The Labute approximate surface area is 156 Å². The van der Waals surface area contributed by atoms with Gasteiger partial charge in [0.15, 0.2) is 0 Å². The van der Waals surface area contributed by atoms with Gasteiger partial charge in [0.2, 0.25) is 10.0 Å². The number of benzene rings is 2. The molecule has 0 N–H and O–H groups in total. The van der Waals surface area contributed by atoms with Gasteiger partial charge in [-0.2, -0.15) is 4.31 Å². The third kappa shape index (κ3) is 4.06. The van der Waals surface area contributed by atoms with Crippen molar-refractivity contribution in [1.29, 1.82) is 0 Å². The van der Waals surface area contributed by atoms with Crippen molar-refractivity contribution in [2.45, 2.75) is 43.9 Å². The van der Waals surface area contributed by atoms with Crippen molar-refractivity contribution in [3.63, 3.8) is 0 Å². The van der Waals surface area contributed by atoms with Crippen molar-refractivity contribution in [2.75, 3.05) is 6.54 Å². The summed E-state index contributed by atoms with van der Waals surface area (Å²) in [6.07, 6.45) is 3.45. The monoisotopic (exact) mass is 371 g/mol. The summed E-state index contributed by atoms with van der Waals surface area (Å²) >= 11 is 0. The minimum Gasteiger partial charge on any atom is -0.368 e. The summed E-state index contributed by atoms with van der Waals surface area (Å²) in [7, 11) is -3.56. The van der Waals surface area contributed by atoms with E-state index in [1.807, 2.05) is 75.4 Å². The van der Waals surface area contributed by atoms with Gasteiger partial charge in [0.1, 0.15) is 0 Å². The molecule has 1 saturated heterocycles. The Hall–Kier alpha value is -1.95. The number of sulfonamides is 1. The second-order valence-corrected chi connectivity index (χ2v) is 8.67. The van der Waals surface area contributed by atoms with Crippen LogP contribution in [0.5, 0.6) is 0 Å². The van der Waals surface area contributed by atoms with E-state index in [1.54, 1.807) is 16.4 Å². The fourth-order valence-electron chi connectivity index (χ4n) is 3.06. The molecule has 4 nitrogen and oxygen atoms in total. The highest BCUT2D eigenvalue weighted by molar-refractivity contribution is 7.89. The lowest BCUT2D eigenvalue weighted by Gasteiger charge is -2.40. The average molecular weight is 372 g/mol. The Morgan fingerprint density at radius 1 is 1.04 bits per heavy atom. The largest absolute Gasteiger partial charge is 0.368 e. The molecule has 26 heavy (non-hydrogen) atoms. The molecular formula is C21H25NO3S. The van der Waals surface area contributed by atoms with Crippen LogP contribution < -0.4 is 0 Å². The van der Waals surface area contributed by atoms with Crippen molar-refractivity contribution in [3.05, 3.63) is 71.8 Å². The molecule has 5 heteroatoms. The van der Waals surface area contributed by atoms with E-state index in [9.17, 15) is 8.42 Å². The molecule has 0 saturated carbocycles. The lowest BCUT2D eigenvalue weighted by atomic mass is 10.1. The first-order valence-corrected chi connectivity index (χ1v) is 10.3. The van der Waals surface area contributed by atoms with Crippen molar-refractivity contribution in [2.24, 2.45) is 0 Å². The van der Waals surface area contributed by atoms with Crippen LogP contribution in [0.2, 0.25) is 0 Å². The number of morpholine rings is 1. The highest BCUT2D eigenvalue weighted by atomic mass is 32.2. The Kier molecular flexibility index (Phi) is 5.61. The fourth-order valence-corrected chi connectivity index (χ4v) is 4.76. The zero-order valence-corrected chi connectivity index (χ0v) is 16.2. The van der Waals surface area contributed by atoms with Crippen molar-refractivity contribution >= 4 is 16.1 Å². The Morgan fingerprint density at radius 2 is 1.69 bits per heavy atom. The van der Waals surface area contributed by atoms with Crippen LogP contribution >= 0.6 is 0 Å². The third-order valence-corrected chi connectivity index (χ3v) is 6.78. The van der Waals surface area contributed by atoms with Crippen LogP contribution in [0, 0.1) is 6.92 Å². The maximum Gasteiger partial charge on any atom is 0.243 e. The number of ether oxygens (including phenoxy) is 1. The molecule has 0 aliphatic carbocycles. The molecule has 138 valence electrons. The first-order chi connectivity index (χ1) is 12.4. The summed E-state index contributed by atoms with van der Waals surface area (Å²) < 4.78 is 33.8. The third-order valence-electron chi connectivity index (χ3n) is 4.81. The molecule has 2 aromatic carbocycles. The molecule has 0 amide bonds. The van der Waals surface area contributed by atoms with Gasteiger partial charge in [-0.1, -0.05) is 60.2 Å². The van der Waals surface area contributed by atoms with Gasteiger partial charge in [0.05, 0.1) is 17.1 Å². The smallest absolute Gasteiger partial charge is 0.243 e. The average Bonchev–Trinajstić information content (AvgIpc) is 2.63. The zero-order chi connectivity index (χ0) is 18.7. The molecule has 0 spiro atoms. The van der Waals surface area contributed by atoms with Crippen LogP contribution in [0.1, 0.15) is 25.0 Å². The second-order valence-electron chi connectivity index (χ2n) is 6.78. The van der Waals surface area contributed by atoms with E-state index in [-0.39, 0.29) is 18.2 Å². The minimum absolute atomic E-state index is 0.186. The van der Waals surface area contributed by atoms with Gasteiger partial charge in [-0.05, 0) is 38.5 Å². The second kappa shape index (κ2) is 7.74. The van der Waals surface area contributed by atoms with Gasteiger partial charge in [0, 0.05) is 12.6 Å². The number of hydrogen-bond donors (Lipinski definition) is 0. The first kappa shape index (κ1) is 18.8. The molecule has 1 heterocycles. The zero-order valence-electron chi connectivity index (χ0n) is 15.4. The number of nitrogens with zero attached hydrogens (tertiary/aromatic N) is 1. The van der Waals surface area contributed by atoms with E-state index < -0.39 is 10.0 Å². The maximum absolute atomic E-state index is 13.1. The van der Waals surface area contributed by atoms with Gasteiger partial charge >= 0.3 is 0 Å². The molecule has 1 fully saturated rings. The quantitative estimate of drug-likeness (QED) is 0.819. The van der Waals surface area contributed by atoms with Crippen LogP contribution in [-0.4, -0.2) is 37.5 Å². The lowest BCUT2D eigenvalue weighted by Crippen LogP contribution is -2.54. The summed E-state index contributed by atoms with van der Waals surface area (Å²) in [5.74, 6) is 0. The van der Waals surface area contributed by atoms with E-state index >= 15 is 0 Å². The normalized spacial score (nSPS) is 24.8. The van der Waals surface area contributed by atoms with Crippen LogP contribution in [0.15, 0.2) is 65.6 Å². The fraction of sp³-hybridized carbons (Fsp3) is 0.333. The summed E-state index contributed by atoms with van der Waals surface area (Å²) in [5, 5.41) is 0. The van der Waals surface area contributed by atoms with E-state index in [0.29, 0.717) is 11.4 Å². The molecule has 0 bridgehead atoms. The van der Waals surface area contributed by atoms with Gasteiger partial charge in [-0.25, -0.2) is 8.42 Å². The lowest BCUT2D eigenvalue weighted by molar-refractivity contribution is -0.0588. The Bertz CT molecular complexity index is 860. The molecule has 3 atom stereocenters. The Morgan fingerprint density at radius 3 is 2.35 bits per heavy atom. The van der Waals surface area contributed by atoms with Crippen molar-refractivity contribution in [1.82, 2.24) is 4.31 Å². The minimum atomic E-state index is -3.56. The summed E-state index contributed by atoms with van der Waals surface area (Å²) in [6.45, 7) is 6.07. The number of hydrogen-bond acceptors (Lipinski definition) is 3. The van der Waals surface area contributed by atoms with Crippen LogP contribution in [0.25, 0.3) is 6.08 Å². The number of aryl methyl sites for hydroxylation is 1. The molecule has 0 aromatic heterocycles. The van der Waals surface area contributed by atoms with Gasteiger partial charge in [-0.15, -0.1) is 0 Å². The van der Waals surface area contributed by atoms with E-state index in [4.69, 9.17) is 4.74 Å². The van der Waals surface area contributed by atoms with E-state index in [2.05, 4.69) is 0 Å². The summed E-state index contributed by atoms with van der Waals surface area (Å²) in [5.41, 5.74) is 2.10. The van der Waals surface area contributed by atoms with Crippen LogP contribution in [0.4, 0.5) is 0 Å². The summed E-state index contributed by atoms with van der Waals surface area (Å²) in [6, 6.07) is 16.7. The molecule has 0 radical (unpaired) electrons. The van der Waals surface area contributed by atoms with E-state index in [0.717, 1.165) is 11.1 Å². The summed E-state index contributed by atoms with van der Waals surface area (Å²) in [4.78, 5) is 0.329. The maximum atomic E-state index is 13.1. The topological polar surface area (TPSA) is 46.6 Å². The molecular weight excluding hydrogens is 346 g/mol. The van der Waals surface area contributed by atoms with E-state index in [1.165, 1.54) is 0 Å². The molecule has 1 aliphatic rings. The highest BCUT2D eigenvalue weighted by Gasteiger charge is 2.38. The molecule has 2 aromatic rings. The SMILES string of the molecule is Cc1ccc(S(=O)(=O)N2C[C@@H](/C=C/c3ccccc3)O[C@@H](C)[C@H]2C)cc1. The van der Waals surface area contributed by atoms with Gasteiger partial charge in [-0.3, -0.25) is 0 Å². The molecule has 1 aliphatic heterocycles. The molecule has 3 rings (SSSR count). The Balaban J connectivity index is 1.83. The van der Waals surface area contributed by atoms with Gasteiger partial charge in [0.25, 0.3) is 0 Å². The molecule has 0 unspecified atom stereocenters. The predicted octanol–water partition coefficient (Wildman–Crippen LogP) is 3.87. The van der Waals surface area contributed by atoms with Crippen molar-refractivity contribution in [3.8, 4) is 0 Å². The van der Waals surface area contributed by atoms with Gasteiger partial charge < -0.3 is 4.74 Å². The first-order valence-electron chi connectivity index (χ1n) is 8.85. The van der Waals surface area contributed by atoms with Crippen molar-refractivity contribution < 1.29 is 13.2 Å². The van der Waals surface area contributed by atoms with Crippen LogP contribution in [-0.2, 0) is 14.8 Å². The predicted molar refractivity (Wildman–Crippen MR) is 104 cm³/mol. The standard InChI is InChI=1S/C21H25NO3S/c1-16-9-13-21(14-10-16)26(23,24)22-15-20(25-18(3)17(22)2)12-11-19-7-5-4-6-8-19/h4-14,17-18,20H,15H2,1-3H3/b12-11+/t17-,18+,20-/m1/s1. The number of rotatable bonds is 4. The van der Waals surface area contributed by atoms with Crippen LogP contribution in [0.3, 0.4) is 0 Å².